The molecular formula is C98H80F2N2O2S. The highest BCUT2D eigenvalue weighted by Crippen LogP contribution is 2.64. The molecule has 105 heavy (non-hydrogen) atoms. The standard InChI is InChI=1S/C98H80F2N2O2S/c1-3-63-23-45-81(46-24-63)103-83-49-29-71(30-50-83)97(69-15-7-5-8-16-69)91-21-13-11-19-85(91)87-53-43-79(61-93(87)97)101(75-39-33-73(99)34-40-75)77-37-27-65-59-95-89(57-67(65)55-77)90-58-68-56-78(38-28-66(68)60-96(90)105-95)102(76-41-35-74(100)36-42-76)80-44-54-88-86-20-12-14-22-92(86)98(94(88)62-80,70-17-9-6-10-18-70)72-31-51-84(52-32-72)104-82-47-25-64(4-2)26-48-82/h3-9,11-17,19-31,33-35,37-39,41,43-51,53-56,58-62,67,75,85,88,90-91,94,96H,1-2,10,18,32,36,40,42,52,57H2. The molecule has 1 heterocycles. The largest absolute Gasteiger partial charge is 0.462 e. The van der Waals surface area contributed by atoms with Gasteiger partial charge in [0.15, 0.2) is 0 Å². The Bertz CT molecular complexity index is 5460. The minimum Gasteiger partial charge on any atom is -0.462 e. The predicted octanol–water partition coefficient (Wildman–Crippen LogP) is 23.0. The Morgan fingerprint density at radius 3 is 2.02 bits per heavy atom. The molecular weight excluding hydrogens is 1310 g/mol. The second kappa shape index (κ2) is 26.6. The van der Waals surface area contributed by atoms with E-state index in [0.29, 0.717) is 19.3 Å². The quantitative estimate of drug-likeness (QED) is 0.0960. The molecule has 10 atom stereocenters. The van der Waals surface area contributed by atoms with Crippen LogP contribution in [0.2, 0.25) is 0 Å². The maximum Gasteiger partial charge on any atom is 0.127 e. The fourth-order valence-corrected chi connectivity index (χ4v) is 20.9. The lowest BCUT2D eigenvalue weighted by atomic mass is 9.59. The van der Waals surface area contributed by atoms with E-state index in [1.54, 1.807) is 18.2 Å². The van der Waals surface area contributed by atoms with Crippen molar-refractivity contribution in [2.24, 2.45) is 23.7 Å². The fraction of sp³-hybridized carbons (Fsp3) is 0.184. The molecule has 12 aliphatic rings. The first-order chi connectivity index (χ1) is 51.7. The first-order valence-electron chi connectivity index (χ1n) is 37.4. The van der Waals surface area contributed by atoms with Gasteiger partial charge in [-0.3, -0.25) is 0 Å². The normalized spacial score (nSPS) is 26.6. The van der Waals surface area contributed by atoms with Crippen molar-refractivity contribution < 1.29 is 18.3 Å². The van der Waals surface area contributed by atoms with Gasteiger partial charge < -0.3 is 19.3 Å². The number of hydrogen-bond donors (Lipinski definition) is 0. The van der Waals surface area contributed by atoms with Crippen LogP contribution in [0.15, 0.2) is 366 Å². The Morgan fingerprint density at radius 2 is 1.27 bits per heavy atom. The summed E-state index contributed by atoms with van der Waals surface area (Å²) < 4.78 is 43.6. The van der Waals surface area contributed by atoms with Crippen LogP contribution in [0.1, 0.15) is 108 Å². The summed E-state index contributed by atoms with van der Waals surface area (Å²) in [7, 11) is 0. The molecule has 0 bridgehead atoms. The molecule has 0 saturated heterocycles. The molecule has 4 nitrogen and oxygen atoms in total. The van der Waals surface area contributed by atoms with Gasteiger partial charge in [0, 0.05) is 92.4 Å². The number of hydrogen-bond acceptors (Lipinski definition) is 5. The Kier molecular flexibility index (Phi) is 16.4. The number of benzene rings is 7. The molecule has 7 heteroatoms. The lowest BCUT2D eigenvalue weighted by Gasteiger charge is -2.44. The maximum atomic E-state index is 15.3. The van der Waals surface area contributed by atoms with Crippen LogP contribution in [-0.4, -0.2) is 11.3 Å². The summed E-state index contributed by atoms with van der Waals surface area (Å²) >= 11 is 2.00. The van der Waals surface area contributed by atoms with Crippen LogP contribution in [0.25, 0.3) is 24.3 Å². The van der Waals surface area contributed by atoms with Crippen molar-refractivity contribution in [3.8, 4) is 17.2 Å². The van der Waals surface area contributed by atoms with E-state index < -0.39 is 10.8 Å². The summed E-state index contributed by atoms with van der Waals surface area (Å²) in [6.07, 6.45) is 61.8. The zero-order chi connectivity index (χ0) is 70.3. The third kappa shape index (κ3) is 11.1. The molecule has 0 N–H and O–H groups in total. The SMILES string of the molecule is C=Cc1ccc(OC2=CC=C(C3(C4=CC=CCC4)c4ccccc4C4C=CC(N(C5=CC=C(F)CC5)c5ccc6c(c5)=CC5C7=C(C=C8C=CC(N(c9ccc%10c(c9)C(c9ccccc9)(c9ccc(Oc%11ccc(C=C)cc%11)cc9)C9C=CC=CC%109)C9C=CC(F)=CC9)=CC8C7)SC5C=6)=CC43)CC2)cc1. The minimum absolute atomic E-state index is 0.0780. The first-order valence-corrected chi connectivity index (χ1v) is 38.3. The Balaban J connectivity index is 0.661. The highest BCUT2D eigenvalue weighted by molar-refractivity contribution is 8.04. The van der Waals surface area contributed by atoms with Gasteiger partial charge in [-0.2, -0.15) is 0 Å². The lowest BCUT2D eigenvalue weighted by Crippen LogP contribution is -2.39. The Hall–Kier alpha value is -11.0. The highest BCUT2D eigenvalue weighted by Gasteiger charge is 2.56. The molecule has 1 aliphatic heterocycles. The van der Waals surface area contributed by atoms with Crippen molar-refractivity contribution in [1.82, 2.24) is 0 Å². The van der Waals surface area contributed by atoms with Crippen LogP contribution >= 0.6 is 11.8 Å². The highest BCUT2D eigenvalue weighted by atomic mass is 32.2. The van der Waals surface area contributed by atoms with Gasteiger partial charge in [-0.05, 0) is 214 Å². The number of fused-ring (bicyclic) bond motifs is 10. The number of nitrogens with zero attached hydrogens (tertiary/aromatic N) is 2. The van der Waals surface area contributed by atoms with E-state index in [9.17, 15) is 0 Å². The number of rotatable bonds is 16. The molecule has 10 unspecified atom stereocenters. The van der Waals surface area contributed by atoms with Crippen LogP contribution in [0, 0.1) is 23.7 Å². The van der Waals surface area contributed by atoms with Crippen molar-refractivity contribution in [3.05, 3.63) is 421 Å². The molecule has 514 valence electrons. The van der Waals surface area contributed by atoms with Crippen LogP contribution in [0.4, 0.5) is 20.2 Å². The maximum absolute atomic E-state index is 15.3. The van der Waals surface area contributed by atoms with E-state index in [1.165, 1.54) is 71.0 Å². The Morgan fingerprint density at radius 1 is 0.524 bits per heavy atom. The van der Waals surface area contributed by atoms with E-state index in [-0.39, 0.29) is 58.5 Å². The third-order valence-corrected chi connectivity index (χ3v) is 25.5. The van der Waals surface area contributed by atoms with Crippen LogP contribution < -0.4 is 29.7 Å². The van der Waals surface area contributed by atoms with E-state index in [1.807, 2.05) is 78.5 Å². The Labute approximate surface area is 619 Å². The van der Waals surface area contributed by atoms with Gasteiger partial charge in [0.25, 0.3) is 0 Å². The molecule has 11 aliphatic carbocycles. The van der Waals surface area contributed by atoms with Crippen LogP contribution in [-0.2, 0) is 10.8 Å². The molecule has 0 spiro atoms. The number of allylic oxidation sites excluding steroid dienone is 27. The fourth-order valence-electron chi connectivity index (χ4n) is 19.4. The van der Waals surface area contributed by atoms with Crippen molar-refractivity contribution in [2.75, 3.05) is 9.80 Å². The zero-order valence-electron chi connectivity index (χ0n) is 58.6. The van der Waals surface area contributed by atoms with Gasteiger partial charge in [-0.15, -0.1) is 11.8 Å². The molecule has 19 rings (SSSR count). The van der Waals surface area contributed by atoms with E-state index >= 15 is 8.78 Å². The topological polar surface area (TPSA) is 24.9 Å². The summed E-state index contributed by atoms with van der Waals surface area (Å²) in [5.74, 6) is 3.84. The number of thioether (sulfide) groups is 1. The molecule has 0 aromatic heterocycles. The number of ether oxygens (including phenoxy) is 2. The zero-order valence-corrected chi connectivity index (χ0v) is 59.4. The molecule has 0 amide bonds. The molecule has 7 aromatic rings. The molecule has 0 radical (unpaired) electrons. The van der Waals surface area contributed by atoms with Crippen molar-refractivity contribution in [1.29, 1.82) is 0 Å². The van der Waals surface area contributed by atoms with Gasteiger partial charge in [0.05, 0.1) is 11.5 Å². The minimum atomic E-state index is -0.560. The summed E-state index contributed by atoms with van der Waals surface area (Å²) in [5.41, 5.74) is 20.0. The van der Waals surface area contributed by atoms with Gasteiger partial charge in [0.2, 0.25) is 0 Å². The summed E-state index contributed by atoms with van der Waals surface area (Å²) in [4.78, 5) is 6.30. The average Bonchev–Trinajstić information content (AvgIpc) is 1.55. The molecule has 7 aromatic carbocycles. The first kappa shape index (κ1) is 64.8. The second-order valence-corrected chi connectivity index (χ2v) is 30.9. The van der Waals surface area contributed by atoms with Crippen LogP contribution in [0.3, 0.4) is 0 Å². The lowest BCUT2D eigenvalue weighted by molar-refractivity contribution is 0.378. The van der Waals surface area contributed by atoms with Gasteiger partial charge in [-0.25, -0.2) is 8.78 Å². The van der Waals surface area contributed by atoms with E-state index in [0.717, 1.165) is 94.7 Å². The summed E-state index contributed by atoms with van der Waals surface area (Å²) in [6.45, 7) is 7.88. The van der Waals surface area contributed by atoms with Gasteiger partial charge in [-0.1, -0.05) is 231 Å². The average molecular weight is 1390 g/mol. The van der Waals surface area contributed by atoms with Gasteiger partial charge in [0.1, 0.15) is 34.7 Å². The monoisotopic (exact) mass is 1390 g/mol. The van der Waals surface area contributed by atoms with E-state index in [2.05, 4.69) is 254 Å². The van der Waals surface area contributed by atoms with Gasteiger partial charge >= 0.3 is 0 Å². The summed E-state index contributed by atoms with van der Waals surface area (Å²) in [6, 6.07) is 59.2. The van der Waals surface area contributed by atoms with Crippen molar-refractivity contribution in [3.63, 3.8) is 0 Å². The van der Waals surface area contributed by atoms with Crippen molar-refractivity contribution >= 4 is 47.4 Å². The predicted molar refractivity (Wildman–Crippen MR) is 429 cm³/mol. The van der Waals surface area contributed by atoms with E-state index in [4.69, 9.17) is 9.47 Å². The second-order valence-electron chi connectivity index (χ2n) is 29.7. The third-order valence-electron chi connectivity index (χ3n) is 24.2. The summed E-state index contributed by atoms with van der Waals surface area (Å²) in [5, 5.41) is 2.72. The molecule has 0 fully saturated rings. The van der Waals surface area contributed by atoms with Crippen molar-refractivity contribution in [2.45, 2.75) is 85.3 Å². The number of anilines is 2. The van der Waals surface area contributed by atoms with Crippen LogP contribution in [0.5, 0.6) is 17.2 Å². The smallest absolute Gasteiger partial charge is 0.127 e. The number of halogens is 2. The molecule has 0 saturated carbocycles.